The molecule has 5 heteroatoms. The van der Waals surface area contributed by atoms with Crippen molar-refractivity contribution in [1.29, 1.82) is 0 Å². The normalized spacial score (nSPS) is 11.8. The maximum absolute atomic E-state index is 10.8. The van der Waals surface area contributed by atoms with Crippen molar-refractivity contribution in [3.63, 3.8) is 0 Å². The lowest BCUT2D eigenvalue weighted by Crippen LogP contribution is -2.35. The molecule has 28 heavy (non-hydrogen) atoms. The molecule has 1 N–H and O–H groups in total. The molecule has 0 aliphatic rings. The van der Waals surface area contributed by atoms with Gasteiger partial charge in [0.1, 0.15) is 12.4 Å². The number of nitrogens with zero attached hydrogens (tertiary/aromatic N) is 1. The SMILES string of the molecule is C[C@H](Cc1ccc(OCc2ccc3ccccc3c2)cc1)N(C)CC(=O)O.Cl. The van der Waals surface area contributed by atoms with Crippen molar-refractivity contribution in [3.8, 4) is 5.75 Å². The molecule has 3 aromatic carbocycles. The van der Waals surface area contributed by atoms with Crippen LogP contribution < -0.4 is 4.74 Å². The molecule has 0 heterocycles. The summed E-state index contributed by atoms with van der Waals surface area (Å²) in [6.45, 7) is 2.61. The lowest BCUT2D eigenvalue weighted by molar-refractivity contribution is -0.138. The average Bonchev–Trinajstić information content (AvgIpc) is 2.66. The van der Waals surface area contributed by atoms with Gasteiger partial charge >= 0.3 is 5.97 Å². The molecule has 148 valence electrons. The zero-order chi connectivity index (χ0) is 19.2. The molecule has 0 saturated heterocycles. The van der Waals surface area contributed by atoms with Crippen molar-refractivity contribution in [3.05, 3.63) is 77.9 Å². The molecule has 3 rings (SSSR count). The number of fused-ring (bicyclic) bond motifs is 1. The number of halogens is 1. The summed E-state index contributed by atoms with van der Waals surface area (Å²) in [5, 5.41) is 11.3. The summed E-state index contributed by atoms with van der Waals surface area (Å²) in [4.78, 5) is 12.7. The van der Waals surface area contributed by atoms with Gasteiger partial charge < -0.3 is 9.84 Å². The molecule has 0 saturated carbocycles. The van der Waals surface area contributed by atoms with Crippen LogP contribution in [0.5, 0.6) is 5.75 Å². The van der Waals surface area contributed by atoms with Crippen LogP contribution in [-0.4, -0.2) is 35.6 Å². The van der Waals surface area contributed by atoms with E-state index in [1.165, 1.54) is 10.8 Å². The van der Waals surface area contributed by atoms with Crippen molar-refractivity contribution in [1.82, 2.24) is 4.90 Å². The van der Waals surface area contributed by atoms with Gasteiger partial charge in [-0.3, -0.25) is 9.69 Å². The van der Waals surface area contributed by atoms with E-state index >= 15 is 0 Å². The maximum atomic E-state index is 10.8. The first-order chi connectivity index (χ1) is 13.0. The molecular weight excluding hydrogens is 374 g/mol. The smallest absolute Gasteiger partial charge is 0.317 e. The van der Waals surface area contributed by atoms with Crippen molar-refractivity contribution in [2.45, 2.75) is 26.0 Å². The molecule has 0 amide bonds. The molecule has 0 unspecified atom stereocenters. The second kappa shape index (κ2) is 10.1. The number of carbonyl (C=O) groups is 1. The van der Waals surface area contributed by atoms with E-state index in [4.69, 9.17) is 9.84 Å². The summed E-state index contributed by atoms with van der Waals surface area (Å²) in [5.74, 6) is 0.0280. The van der Waals surface area contributed by atoms with Gasteiger partial charge in [-0.2, -0.15) is 0 Å². The Morgan fingerprint density at radius 3 is 2.32 bits per heavy atom. The van der Waals surface area contributed by atoms with Gasteiger partial charge in [0.2, 0.25) is 0 Å². The van der Waals surface area contributed by atoms with E-state index < -0.39 is 5.97 Å². The Morgan fingerprint density at radius 2 is 1.64 bits per heavy atom. The van der Waals surface area contributed by atoms with Crippen molar-refractivity contribution in [2.24, 2.45) is 0 Å². The highest BCUT2D eigenvalue weighted by molar-refractivity contribution is 5.85. The molecule has 4 nitrogen and oxygen atoms in total. The molecule has 0 bridgehead atoms. The highest BCUT2D eigenvalue weighted by atomic mass is 35.5. The minimum atomic E-state index is -0.804. The molecular formula is C23H26ClNO3. The summed E-state index contributed by atoms with van der Waals surface area (Å²) in [6, 6.07) is 22.9. The van der Waals surface area contributed by atoms with Crippen LogP contribution in [0.15, 0.2) is 66.7 Å². The quantitative estimate of drug-likeness (QED) is 0.591. The number of hydrogen-bond acceptors (Lipinski definition) is 3. The number of likely N-dealkylation sites (N-methyl/N-ethyl adjacent to an activating group) is 1. The third-order valence-corrected chi connectivity index (χ3v) is 4.81. The van der Waals surface area contributed by atoms with Gasteiger partial charge in [0.25, 0.3) is 0 Å². The lowest BCUT2D eigenvalue weighted by Gasteiger charge is -2.22. The van der Waals surface area contributed by atoms with E-state index in [0.29, 0.717) is 6.61 Å². The Morgan fingerprint density at radius 1 is 1.00 bits per heavy atom. The van der Waals surface area contributed by atoms with Gasteiger partial charge in [-0.1, -0.05) is 48.5 Å². The maximum Gasteiger partial charge on any atom is 0.317 e. The van der Waals surface area contributed by atoms with E-state index in [1.54, 1.807) is 0 Å². The Labute approximate surface area is 172 Å². The molecule has 3 aromatic rings. The van der Waals surface area contributed by atoms with Crippen LogP contribution in [0.2, 0.25) is 0 Å². The molecule has 0 aromatic heterocycles. The number of carboxylic acids is 1. The minimum absolute atomic E-state index is 0. The van der Waals surface area contributed by atoms with E-state index in [0.717, 1.165) is 23.3 Å². The zero-order valence-corrected chi connectivity index (χ0v) is 17.0. The fourth-order valence-electron chi connectivity index (χ4n) is 3.08. The van der Waals surface area contributed by atoms with Crippen LogP contribution in [0, 0.1) is 0 Å². The Hall–Kier alpha value is -2.56. The van der Waals surface area contributed by atoms with Gasteiger partial charge in [-0.05, 0) is 60.5 Å². The molecule has 0 aliphatic heterocycles. The van der Waals surface area contributed by atoms with E-state index in [9.17, 15) is 4.79 Å². The largest absolute Gasteiger partial charge is 0.489 e. The second-order valence-electron chi connectivity index (χ2n) is 6.98. The van der Waals surface area contributed by atoms with Crippen LogP contribution >= 0.6 is 12.4 Å². The van der Waals surface area contributed by atoms with Gasteiger partial charge in [-0.25, -0.2) is 0 Å². The van der Waals surface area contributed by atoms with E-state index in [1.807, 2.05) is 55.3 Å². The fraction of sp³-hybridized carbons (Fsp3) is 0.261. The third kappa shape index (κ3) is 5.98. The lowest BCUT2D eigenvalue weighted by atomic mass is 10.1. The predicted molar refractivity (Wildman–Crippen MR) is 115 cm³/mol. The summed E-state index contributed by atoms with van der Waals surface area (Å²) >= 11 is 0. The number of rotatable bonds is 8. The van der Waals surface area contributed by atoms with Gasteiger partial charge in [0.15, 0.2) is 0 Å². The van der Waals surface area contributed by atoms with Crippen LogP contribution in [0.3, 0.4) is 0 Å². The summed E-state index contributed by atoms with van der Waals surface area (Å²) in [5.41, 5.74) is 2.31. The Bertz CT molecular complexity index is 911. The van der Waals surface area contributed by atoms with Gasteiger partial charge in [0.05, 0.1) is 6.54 Å². The monoisotopic (exact) mass is 399 g/mol. The fourth-order valence-corrected chi connectivity index (χ4v) is 3.08. The van der Waals surface area contributed by atoms with Crippen LogP contribution in [0.1, 0.15) is 18.1 Å². The number of aliphatic carboxylic acids is 1. The summed E-state index contributed by atoms with van der Waals surface area (Å²) in [6.07, 6.45) is 0.800. The van der Waals surface area contributed by atoms with Crippen molar-refractivity contribution in [2.75, 3.05) is 13.6 Å². The first-order valence-electron chi connectivity index (χ1n) is 9.13. The van der Waals surface area contributed by atoms with Crippen molar-refractivity contribution < 1.29 is 14.6 Å². The zero-order valence-electron chi connectivity index (χ0n) is 16.2. The van der Waals surface area contributed by atoms with Gasteiger partial charge in [0, 0.05) is 6.04 Å². The molecule has 0 fully saturated rings. The Balaban J connectivity index is 0.00000280. The van der Waals surface area contributed by atoms with E-state index in [-0.39, 0.29) is 25.0 Å². The van der Waals surface area contributed by atoms with E-state index in [2.05, 4.69) is 30.3 Å². The number of carboxylic acid groups (broad SMARTS) is 1. The first kappa shape index (κ1) is 21.7. The average molecular weight is 400 g/mol. The Kier molecular flexibility index (Phi) is 7.85. The molecule has 0 spiro atoms. The number of benzene rings is 3. The highest BCUT2D eigenvalue weighted by Gasteiger charge is 2.12. The predicted octanol–water partition coefficient (Wildman–Crippen LogP) is 4.79. The topological polar surface area (TPSA) is 49.8 Å². The van der Waals surface area contributed by atoms with Gasteiger partial charge in [-0.15, -0.1) is 12.4 Å². The first-order valence-corrected chi connectivity index (χ1v) is 9.13. The van der Waals surface area contributed by atoms with Crippen LogP contribution in [-0.2, 0) is 17.8 Å². The van der Waals surface area contributed by atoms with Crippen LogP contribution in [0.25, 0.3) is 10.8 Å². The highest BCUT2D eigenvalue weighted by Crippen LogP contribution is 2.19. The number of hydrogen-bond donors (Lipinski definition) is 1. The second-order valence-corrected chi connectivity index (χ2v) is 6.98. The standard InChI is InChI=1S/C23H25NO3.ClH/c1-17(24(2)15-23(25)26)13-18-8-11-22(12-9-18)27-16-19-7-10-20-5-3-4-6-21(20)14-19;/h3-12,14,17H,13,15-16H2,1-2H3,(H,25,26);1H/t17-;/m1./s1. The summed E-state index contributed by atoms with van der Waals surface area (Å²) in [7, 11) is 1.83. The molecule has 1 atom stereocenters. The minimum Gasteiger partial charge on any atom is -0.489 e. The van der Waals surface area contributed by atoms with Crippen LogP contribution in [0.4, 0.5) is 0 Å². The number of ether oxygens (including phenoxy) is 1. The molecule has 0 radical (unpaired) electrons. The summed E-state index contributed by atoms with van der Waals surface area (Å²) < 4.78 is 5.91. The molecule has 0 aliphatic carbocycles. The van der Waals surface area contributed by atoms with Crippen molar-refractivity contribution >= 4 is 29.1 Å². The third-order valence-electron chi connectivity index (χ3n) is 4.81.